The molecule has 12 heavy (non-hydrogen) atoms. The molecule has 3 nitrogen and oxygen atoms in total. The van der Waals surface area contributed by atoms with Crippen molar-refractivity contribution >= 4 is 21.7 Å². The summed E-state index contributed by atoms with van der Waals surface area (Å²) in [5, 5.41) is 0. The molecule has 1 aliphatic carbocycles. The van der Waals surface area contributed by atoms with Crippen LogP contribution >= 0.6 is 15.9 Å². The quantitative estimate of drug-likeness (QED) is 0.602. The van der Waals surface area contributed by atoms with Gasteiger partial charge in [-0.2, -0.15) is 0 Å². The van der Waals surface area contributed by atoms with E-state index in [1.807, 2.05) is 0 Å². The van der Waals surface area contributed by atoms with Gasteiger partial charge in [-0.3, -0.25) is 15.6 Å². The van der Waals surface area contributed by atoms with Crippen LogP contribution in [0, 0.1) is 5.92 Å². The highest BCUT2D eigenvalue weighted by Gasteiger charge is 2.36. The Labute approximate surface area is 80.4 Å². The highest BCUT2D eigenvalue weighted by Crippen LogP contribution is 2.30. The van der Waals surface area contributed by atoms with Crippen molar-refractivity contribution in [1.82, 2.24) is 10.9 Å². The fraction of sp³-hybridized carbons (Fsp3) is 0.875. The number of hydrogen-bond acceptors (Lipinski definition) is 3. The Kier molecular flexibility index (Phi) is 2.48. The predicted molar refractivity (Wildman–Crippen MR) is 50.0 cm³/mol. The van der Waals surface area contributed by atoms with Gasteiger partial charge in [0.15, 0.2) is 5.78 Å². The number of hydrazine groups is 1. The minimum atomic E-state index is 0.264. The lowest BCUT2D eigenvalue weighted by Gasteiger charge is -2.37. The third-order valence-electron chi connectivity index (χ3n) is 2.75. The minimum absolute atomic E-state index is 0.264. The molecule has 2 aliphatic rings. The van der Waals surface area contributed by atoms with E-state index in [-0.39, 0.29) is 5.92 Å². The summed E-state index contributed by atoms with van der Waals surface area (Å²) >= 11 is 3.59. The molecule has 2 rings (SSSR count). The van der Waals surface area contributed by atoms with Crippen LogP contribution in [0.4, 0.5) is 0 Å². The van der Waals surface area contributed by atoms with E-state index in [1.165, 1.54) is 0 Å². The largest absolute Gasteiger partial charge is 0.298 e. The van der Waals surface area contributed by atoms with E-state index in [2.05, 4.69) is 26.8 Å². The van der Waals surface area contributed by atoms with Crippen molar-refractivity contribution in [3.8, 4) is 0 Å². The average molecular weight is 233 g/mol. The number of Topliss-reactive ketones (excluding diaryl/α,β-unsaturated/α-hetero) is 1. The van der Waals surface area contributed by atoms with Crippen LogP contribution < -0.4 is 10.9 Å². The Morgan fingerprint density at radius 2 is 2.25 bits per heavy atom. The predicted octanol–water partition coefficient (Wildman–Crippen LogP) is 0.596. The lowest BCUT2D eigenvalue weighted by molar-refractivity contribution is -0.126. The minimum Gasteiger partial charge on any atom is -0.298 e. The van der Waals surface area contributed by atoms with Gasteiger partial charge in [-0.15, -0.1) is 0 Å². The van der Waals surface area contributed by atoms with Gasteiger partial charge in [-0.1, -0.05) is 15.9 Å². The molecule has 0 amide bonds. The number of rotatable bonds is 0. The van der Waals surface area contributed by atoms with Crippen molar-refractivity contribution in [1.29, 1.82) is 0 Å². The van der Waals surface area contributed by atoms with Gasteiger partial charge in [0, 0.05) is 16.8 Å². The molecule has 4 heteroatoms. The zero-order valence-corrected chi connectivity index (χ0v) is 8.43. The smallest absolute Gasteiger partial charge is 0.152 e. The molecule has 2 fully saturated rings. The molecule has 0 spiro atoms. The van der Waals surface area contributed by atoms with Gasteiger partial charge in [0.2, 0.25) is 0 Å². The number of halogens is 1. The van der Waals surface area contributed by atoms with Crippen LogP contribution in [0.2, 0.25) is 0 Å². The normalized spacial score (nSPS) is 42.4. The van der Waals surface area contributed by atoms with Crippen LogP contribution in [-0.2, 0) is 4.79 Å². The van der Waals surface area contributed by atoms with E-state index < -0.39 is 0 Å². The summed E-state index contributed by atoms with van der Waals surface area (Å²) < 4.78 is 0. The molecule has 1 saturated carbocycles. The summed E-state index contributed by atoms with van der Waals surface area (Å²) in [4.78, 5) is 12.0. The summed E-state index contributed by atoms with van der Waals surface area (Å²) in [6.45, 7) is 0.494. The number of nitrogens with one attached hydrogen (secondary N) is 2. The lowest BCUT2D eigenvalue weighted by Crippen LogP contribution is -2.58. The van der Waals surface area contributed by atoms with E-state index in [0.29, 0.717) is 23.2 Å². The Hall–Kier alpha value is 0.0700. The zero-order valence-electron chi connectivity index (χ0n) is 6.85. The SMILES string of the molecule is O=C1CNNC2CC(Br)CCC12. The van der Waals surface area contributed by atoms with Gasteiger partial charge in [0.1, 0.15) is 0 Å². The molecule has 3 unspecified atom stereocenters. The standard InChI is InChI=1S/C8H13BrN2O/c9-5-1-2-6-7(3-5)11-10-4-8(6)12/h5-7,10-11H,1-4H2. The molecule has 0 radical (unpaired) electrons. The second kappa shape index (κ2) is 3.44. The van der Waals surface area contributed by atoms with Crippen LogP contribution in [0.1, 0.15) is 19.3 Å². The van der Waals surface area contributed by atoms with E-state index in [4.69, 9.17) is 0 Å². The number of alkyl halides is 1. The summed E-state index contributed by atoms with van der Waals surface area (Å²) in [6, 6.07) is 0.351. The van der Waals surface area contributed by atoms with Gasteiger partial charge >= 0.3 is 0 Å². The fourth-order valence-corrected chi connectivity index (χ4v) is 2.73. The highest BCUT2D eigenvalue weighted by atomic mass is 79.9. The van der Waals surface area contributed by atoms with Crippen molar-refractivity contribution in [2.24, 2.45) is 5.92 Å². The zero-order chi connectivity index (χ0) is 8.55. The molecular weight excluding hydrogens is 220 g/mol. The molecule has 1 saturated heterocycles. The van der Waals surface area contributed by atoms with Crippen LogP contribution in [0.3, 0.4) is 0 Å². The van der Waals surface area contributed by atoms with E-state index in [0.717, 1.165) is 19.3 Å². The molecule has 1 heterocycles. The number of hydrogen-bond donors (Lipinski definition) is 2. The van der Waals surface area contributed by atoms with Gasteiger partial charge in [-0.25, -0.2) is 0 Å². The van der Waals surface area contributed by atoms with Gasteiger partial charge in [-0.05, 0) is 19.3 Å². The topological polar surface area (TPSA) is 41.1 Å². The van der Waals surface area contributed by atoms with Crippen LogP contribution in [0.5, 0.6) is 0 Å². The molecule has 0 aromatic rings. The lowest BCUT2D eigenvalue weighted by atomic mass is 9.81. The Morgan fingerprint density at radius 3 is 3.08 bits per heavy atom. The molecule has 0 bridgehead atoms. The van der Waals surface area contributed by atoms with Crippen molar-refractivity contribution in [3.05, 3.63) is 0 Å². The third-order valence-corrected chi connectivity index (χ3v) is 3.58. The number of fused-ring (bicyclic) bond motifs is 1. The molecular formula is C8H13BrN2O. The molecule has 68 valence electrons. The number of ketones is 1. The monoisotopic (exact) mass is 232 g/mol. The molecule has 2 N–H and O–H groups in total. The van der Waals surface area contributed by atoms with Crippen molar-refractivity contribution in [3.63, 3.8) is 0 Å². The van der Waals surface area contributed by atoms with Crippen molar-refractivity contribution < 1.29 is 4.79 Å². The van der Waals surface area contributed by atoms with Crippen LogP contribution in [0.25, 0.3) is 0 Å². The fourth-order valence-electron chi connectivity index (χ4n) is 2.06. The summed E-state index contributed by atoms with van der Waals surface area (Å²) in [6.07, 6.45) is 3.23. The number of carbonyl (C=O) groups is 1. The van der Waals surface area contributed by atoms with Crippen molar-refractivity contribution in [2.75, 3.05) is 6.54 Å². The maximum absolute atomic E-state index is 11.4. The second-order valence-corrected chi connectivity index (χ2v) is 4.88. The maximum Gasteiger partial charge on any atom is 0.152 e. The first-order valence-corrected chi connectivity index (χ1v) is 5.34. The van der Waals surface area contributed by atoms with E-state index in [9.17, 15) is 4.79 Å². The molecule has 1 aliphatic heterocycles. The molecule has 3 atom stereocenters. The number of carbonyl (C=O) groups excluding carboxylic acids is 1. The highest BCUT2D eigenvalue weighted by molar-refractivity contribution is 9.09. The van der Waals surface area contributed by atoms with E-state index in [1.54, 1.807) is 0 Å². The van der Waals surface area contributed by atoms with Crippen LogP contribution in [-0.4, -0.2) is 23.2 Å². The maximum atomic E-state index is 11.4. The van der Waals surface area contributed by atoms with Gasteiger partial charge in [0.05, 0.1) is 6.54 Å². The van der Waals surface area contributed by atoms with E-state index >= 15 is 0 Å². The Bertz CT molecular complexity index is 197. The summed E-state index contributed by atoms with van der Waals surface area (Å²) in [5.74, 6) is 0.637. The first-order valence-electron chi connectivity index (χ1n) is 4.42. The summed E-state index contributed by atoms with van der Waals surface area (Å²) in [5.41, 5.74) is 6.11. The van der Waals surface area contributed by atoms with Crippen molar-refractivity contribution in [2.45, 2.75) is 30.1 Å². The molecule has 0 aromatic carbocycles. The Morgan fingerprint density at radius 1 is 1.42 bits per heavy atom. The third kappa shape index (κ3) is 1.56. The second-order valence-electron chi connectivity index (χ2n) is 3.59. The molecule has 0 aromatic heterocycles. The Balaban J connectivity index is 2.04. The first-order chi connectivity index (χ1) is 5.77. The summed E-state index contributed by atoms with van der Waals surface area (Å²) in [7, 11) is 0. The average Bonchev–Trinajstić information content (AvgIpc) is 2.04. The first kappa shape index (κ1) is 8.66. The van der Waals surface area contributed by atoms with Crippen LogP contribution in [0.15, 0.2) is 0 Å². The van der Waals surface area contributed by atoms with Gasteiger partial charge in [0.25, 0.3) is 0 Å². The van der Waals surface area contributed by atoms with Gasteiger partial charge < -0.3 is 0 Å².